The van der Waals surface area contributed by atoms with Gasteiger partial charge in [0.15, 0.2) is 0 Å². The lowest BCUT2D eigenvalue weighted by molar-refractivity contribution is -0.181. The van der Waals surface area contributed by atoms with Crippen molar-refractivity contribution in [3.63, 3.8) is 0 Å². The molecule has 2 N–H and O–H groups in total. The Balaban J connectivity index is 1.65. The second-order valence-corrected chi connectivity index (χ2v) is 8.82. The number of alkyl halides is 3. The van der Waals surface area contributed by atoms with Gasteiger partial charge in [0.05, 0.1) is 6.04 Å². The van der Waals surface area contributed by atoms with Gasteiger partial charge in [-0.15, -0.1) is 6.58 Å². The molecule has 0 radical (unpaired) electrons. The molecule has 4 unspecified atom stereocenters. The van der Waals surface area contributed by atoms with Gasteiger partial charge in [-0.2, -0.15) is 13.2 Å². The molecule has 10 heteroatoms. The van der Waals surface area contributed by atoms with Crippen LogP contribution in [0.2, 0.25) is 10.0 Å². The lowest BCUT2D eigenvalue weighted by Gasteiger charge is -2.37. The quantitative estimate of drug-likeness (QED) is 0.428. The normalized spacial score (nSPS) is 24.1. The fourth-order valence-corrected chi connectivity index (χ4v) is 4.76. The Hall–Kier alpha value is -2.71. The van der Waals surface area contributed by atoms with Crippen LogP contribution in [-0.2, 0) is 9.59 Å². The van der Waals surface area contributed by atoms with Crippen molar-refractivity contribution in [1.82, 2.24) is 10.6 Å². The molecule has 2 heterocycles. The number of carbonyl (C=O) groups is 2. The monoisotopic (exact) mass is 498 g/mol. The second kappa shape index (κ2) is 8.91. The van der Waals surface area contributed by atoms with Crippen molar-refractivity contribution in [2.75, 3.05) is 0 Å². The number of amides is 2. The summed E-state index contributed by atoms with van der Waals surface area (Å²) in [5, 5.41) is 5.51. The number of halogens is 5. The van der Waals surface area contributed by atoms with Crippen LogP contribution in [-0.4, -0.2) is 24.0 Å². The van der Waals surface area contributed by atoms with Crippen molar-refractivity contribution in [3.05, 3.63) is 70.2 Å². The Kier molecular flexibility index (Phi) is 6.33. The van der Waals surface area contributed by atoms with Crippen LogP contribution in [0.15, 0.2) is 49.1 Å². The fraction of sp³-hybridized carbons (Fsp3) is 0.304. The largest absolute Gasteiger partial charge is 0.456 e. The maximum atomic E-state index is 13.4. The molecule has 2 aromatic rings. The van der Waals surface area contributed by atoms with E-state index in [0.717, 1.165) is 0 Å². The predicted octanol–water partition coefficient (Wildman–Crippen LogP) is 5.56. The standard InChI is InChI=1S/C23H19Cl2F3N2O3/c1-2-4-11-9-14(22(32)30-20(11)23(26,27)28)21(31)29-19-13-8-7-12(24)10-17(13)33-16-6-3-5-15(25)18(16)19/h2-3,5-8,10-11,14,19-20H,1,4,9H2,(H,29,31)(H,30,32). The second-order valence-electron chi connectivity index (χ2n) is 7.98. The minimum Gasteiger partial charge on any atom is -0.456 e. The topological polar surface area (TPSA) is 67.4 Å². The molecule has 2 aliphatic rings. The number of rotatable bonds is 4. The number of hydrogen-bond donors (Lipinski definition) is 2. The van der Waals surface area contributed by atoms with Gasteiger partial charge in [-0.05, 0) is 43.0 Å². The first-order valence-electron chi connectivity index (χ1n) is 10.1. The Labute approximate surface area is 197 Å². The number of allylic oxidation sites excluding steroid dienone is 1. The molecule has 1 saturated heterocycles. The summed E-state index contributed by atoms with van der Waals surface area (Å²) < 4.78 is 46.1. The minimum atomic E-state index is -4.63. The smallest absolute Gasteiger partial charge is 0.408 e. The number of fused-ring (bicyclic) bond motifs is 2. The van der Waals surface area contributed by atoms with Gasteiger partial charge < -0.3 is 15.4 Å². The molecule has 4 rings (SSSR count). The number of nitrogens with one attached hydrogen (secondary N) is 2. The first-order valence-corrected chi connectivity index (χ1v) is 10.9. The summed E-state index contributed by atoms with van der Waals surface area (Å²) in [5.74, 6) is -3.20. The third-order valence-electron chi connectivity index (χ3n) is 5.86. The Bertz CT molecular complexity index is 1120. The molecule has 2 amide bonds. The zero-order valence-corrected chi connectivity index (χ0v) is 18.6. The van der Waals surface area contributed by atoms with E-state index in [1.165, 1.54) is 6.08 Å². The van der Waals surface area contributed by atoms with E-state index in [2.05, 4.69) is 11.9 Å². The number of hydrogen-bond acceptors (Lipinski definition) is 3. The third kappa shape index (κ3) is 4.54. The van der Waals surface area contributed by atoms with Crippen LogP contribution in [0, 0.1) is 11.8 Å². The minimum absolute atomic E-state index is 0.00149. The van der Waals surface area contributed by atoms with Gasteiger partial charge in [0, 0.05) is 21.2 Å². The molecular formula is C23H19Cl2F3N2O3. The first-order chi connectivity index (χ1) is 15.6. The number of piperidine rings is 1. The van der Waals surface area contributed by atoms with Crippen molar-refractivity contribution >= 4 is 35.0 Å². The molecule has 0 aromatic heterocycles. The highest BCUT2D eigenvalue weighted by Crippen LogP contribution is 2.46. The molecule has 33 heavy (non-hydrogen) atoms. The Morgan fingerprint density at radius 3 is 2.70 bits per heavy atom. The van der Waals surface area contributed by atoms with Crippen molar-refractivity contribution in [2.45, 2.75) is 31.1 Å². The van der Waals surface area contributed by atoms with Crippen molar-refractivity contribution in [2.24, 2.45) is 11.8 Å². The Morgan fingerprint density at radius 2 is 2.00 bits per heavy atom. The molecule has 2 aromatic carbocycles. The summed E-state index contributed by atoms with van der Waals surface area (Å²) in [6, 6.07) is 7.03. The molecule has 0 bridgehead atoms. The van der Waals surface area contributed by atoms with Crippen LogP contribution in [0.3, 0.4) is 0 Å². The molecule has 4 atom stereocenters. The van der Waals surface area contributed by atoms with E-state index in [9.17, 15) is 22.8 Å². The third-order valence-corrected chi connectivity index (χ3v) is 6.42. The number of carbonyl (C=O) groups excluding carboxylic acids is 2. The summed E-state index contributed by atoms with van der Waals surface area (Å²) in [5.41, 5.74) is 1.04. The summed E-state index contributed by atoms with van der Waals surface area (Å²) in [4.78, 5) is 25.7. The molecule has 2 aliphatic heterocycles. The van der Waals surface area contributed by atoms with E-state index < -0.39 is 41.9 Å². The SMILES string of the molecule is C=CCC1CC(C(=O)NC2c3ccc(Cl)cc3Oc3cccc(Cl)c32)C(=O)NC1C(F)(F)F. The first kappa shape index (κ1) is 23.4. The van der Waals surface area contributed by atoms with Crippen LogP contribution in [0.5, 0.6) is 11.5 Å². The van der Waals surface area contributed by atoms with Gasteiger partial charge in [0.1, 0.15) is 23.5 Å². The van der Waals surface area contributed by atoms with E-state index in [-0.39, 0.29) is 12.8 Å². The summed E-state index contributed by atoms with van der Waals surface area (Å²) in [7, 11) is 0. The summed E-state index contributed by atoms with van der Waals surface area (Å²) >= 11 is 12.5. The fourth-order valence-electron chi connectivity index (χ4n) is 4.33. The van der Waals surface area contributed by atoms with Gasteiger partial charge in [0.2, 0.25) is 11.8 Å². The molecule has 174 valence electrons. The molecule has 1 fully saturated rings. The van der Waals surface area contributed by atoms with Crippen LogP contribution >= 0.6 is 23.2 Å². The van der Waals surface area contributed by atoms with Gasteiger partial charge in [-0.1, -0.05) is 41.4 Å². The van der Waals surface area contributed by atoms with Crippen molar-refractivity contribution < 1.29 is 27.5 Å². The lowest BCUT2D eigenvalue weighted by Crippen LogP contribution is -2.59. The van der Waals surface area contributed by atoms with Crippen LogP contribution in [0.1, 0.15) is 30.0 Å². The number of ether oxygens (including phenoxy) is 1. The highest BCUT2D eigenvalue weighted by Gasteiger charge is 2.51. The van der Waals surface area contributed by atoms with Crippen LogP contribution < -0.4 is 15.4 Å². The summed E-state index contributed by atoms with van der Waals surface area (Å²) in [6.07, 6.45) is -3.54. The van der Waals surface area contributed by atoms with E-state index in [1.54, 1.807) is 36.4 Å². The molecular weight excluding hydrogens is 480 g/mol. The Morgan fingerprint density at radius 1 is 1.24 bits per heavy atom. The van der Waals surface area contributed by atoms with Crippen LogP contribution in [0.25, 0.3) is 0 Å². The van der Waals surface area contributed by atoms with Crippen LogP contribution in [0.4, 0.5) is 13.2 Å². The van der Waals surface area contributed by atoms with E-state index in [0.29, 0.717) is 32.7 Å². The maximum Gasteiger partial charge on any atom is 0.408 e. The highest BCUT2D eigenvalue weighted by atomic mass is 35.5. The zero-order chi connectivity index (χ0) is 23.9. The molecule has 5 nitrogen and oxygen atoms in total. The van der Waals surface area contributed by atoms with Gasteiger partial charge in [0.25, 0.3) is 0 Å². The highest BCUT2D eigenvalue weighted by molar-refractivity contribution is 6.32. The molecule has 0 saturated carbocycles. The maximum absolute atomic E-state index is 13.4. The van der Waals surface area contributed by atoms with Crippen molar-refractivity contribution in [1.29, 1.82) is 0 Å². The van der Waals surface area contributed by atoms with Gasteiger partial charge in [-0.25, -0.2) is 0 Å². The average molecular weight is 499 g/mol. The van der Waals surface area contributed by atoms with E-state index in [4.69, 9.17) is 27.9 Å². The van der Waals surface area contributed by atoms with Gasteiger partial charge >= 0.3 is 6.18 Å². The van der Waals surface area contributed by atoms with E-state index in [1.807, 2.05) is 5.32 Å². The lowest BCUT2D eigenvalue weighted by atomic mass is 9.81. The molecule has 0 aliphatic carbocycles. The summed E-state index contributed by atoms with van der Waals surface area (Å²) in [6.45, 7) is 3.50. The zero-order valence-electron chi connectivity index (χ0n) is 17.1. The number of benzene rings is 2. The van der Waals surface area contributed by atoms with Gasteiger partial charge in [-0.3, -0.25) is 9.59 Å². The average Bonchev–Trinajstić information content (AvgIpc) is 2.73. The molecule has 0 spiro atoms. The van der Waals surface area contributed by atoms with Crippen molar-refractivity contribution in [3.8, 4) is 11.5 Å². The van der Waals surface area contributed by atoms with E-state index >= 15 is 0 Å². The predicted molar refractivity (Wildman–Crippen MR) is 117 cm³/mol.